The van der Waals surface area contributed by atoms with E-state index in [1.807, 2.05) is 7.05 Å². The first-order chi connectivity index (χ1) is 8.16. The molecule has 0 aliphatic carbocycles. The highest BCUT2D eigenvalue weighted by atomic mass is 32.2. The van der Waals surface area contributed by atoms with Crippen LogP contribution in [0.1, 0.15) is 12.8 Å². The quantitative estimate of drug-likeness (QED) is 0.725. The van der Waals surface area contributed by atoms with Crippen LogP contribution >= 0.6 is 0 Å². The largest absolute Gasteiger partial charge is 0.379 e. The van der Waals surface area contributed by atoms with Crippen LogP contribution in [-0.4, -0.2) is 69.5 Å². The number of nitrogens with one attached hydrogen (secondary N) is 1. The van der Waals surface area contributed by atoms with Crippen LogP contribution in [0.3, 0.4) is 0 Å². The zero-order valence-electron chi connectivity index (χ0n) is 10.3. The van der Waals surface area contributed by atoms with E-state index in [2.05, 4.69) is 5.32 Å². The Labute approximate surface area is 103 Å². The predicted octanol–water partition coefficient (Wildman–Crippen LogP) is -0.753. The van der Waals surface area contributed by atoms with Gasteiger partial charge in [0.05, 0.1) is 13.2 Å². The Morgan fingerprint density at radius 3 is 2.65 bits per heavy atom. The molecule has 0 aromatic heterocycles. The highest BCUT2D eigenvalue weighted by molar-refractivity contribution is 7.86. The van der Waals surface area contributed by atoms with E-state index in [9.17, 15) is 8.42 Å². The second kappa shape index (κ2) is 5.62. The van der Waals surface area contributed by atoms with Gasteiger partial charge in [0.1, 0.15) is 0 Å². The molecule has 0 radical (unpaired) electrons. The van der Waals surface area contributed by atoms with Crippen LogP contribution in [0.25, 0.3) is 0 Å². The van der Waals surface area contributed by atoms with Gasteiger partial charge in [-0.15, -0.1) is 0 Å². The van der Waals surface area contributed by atoms with Crippen LogP contribution in [-0.2, 0) is 14.9 Å². The fraction of sp³-hybridized carbons (Fsp3) is 1.00. The zero-order chi connectivity index (χ0) is 12.3. The Kier molecular flexibility index (Phi) is 4.37. The maximum atomic E-state index is 12.4. The minimum atomic E-state index is -3.29. The molecule has 1 N–H and O–H groups in total. The van der Waals surface area contributed by atoms with E-state index in [1.165, 1.54) is 0 Å². The Hall–Kier alpha value is -0.210. The van der Waals surface area contributed by atoms with Crippen molar-refractivity contribution in [3.05, 3.63) is 0 Å². The van der Waals surface area contributed by atoms with Crippen LogP contribution in [0, 0.1) is 0 Å². The van der Waals surface area contributed by atoms with E-state index >= 15 is 0 Å². The molecule has 0 amide bonds. The molecule has 0 spiro atoms. The molecule has 2 aliphatic heterocycles. The third-order valence-corrected chi connectivity index (χ3v) is 5.45. The molecular formula is C10H21N3O3S. The van der Waals surface area contributed by atoms with Crippen molar-refractivity contribution in [2.45, 2.75) is 18.9 Å². The van der Waals surface area contributed by atoms with E-state index in [0.717, 1.165) is 19.4 Å². The molecule has 0 aromatic carbocycles. The van der Waals surface area contributed by atoms with Gasteiger partial charge in [-0.1, -0.05) is 0 Å². The summed E-state index contributed by atoms with van der Waals surface area (Å²) < 4.78 is 33.3. The lowest BCUT2D eigenvalue weighted by atomic mass is 10.2. The molecular weight excluding hydrogens is 242 g/mol. The predicted molar refractivity (Wildman–Crippen MR) is 65.0 cm³/mol. The summed E-state index contributed by atoms with van der Waals surface area (Å²) in [6, 6.07) is 0.104. The lowest BCUT2D eigenvalue weighted by Gasteiger charge is -2.32. The molecule has 0 bridgehead atoms. The van der Waals surface area contributed by atoms with Gasteiger partial charge in [-0.2, -0.15) is 17.0 Å². The molecule has 1 unspecified atom stereocenters. The van der Waals surface area contributed by atoms with Gasteiger partial charge in [0.15, 0.2) is 0 Å². The molecule has 100 valence electrons. The van der Waals surface area contributed by atoms with E-state index in [-0.39, 0.29) is 6.04 Å². The zero-order valence-corrected chi connectivity index (χ0v) is 11.1. The lowest BCUT2D eigenvalue weighted by molar-refractivity contribution is 0.0699. The fourth-order valence-electron chi connectivity index (χ4n) is 2.48. The Morgan fingerprint density at radius 2 is 2.00 bits per heavy atom. The molecule has 1 atom stereocenters. The summed E-state index contributed by atoms with van der Waals surface area (Å²) in [6.45, 7) is 3.33. The van der Waals surface area contributed by atoms with Gasteiger partial charge in [0.25, 0.3) is 10.2 Å². The normalized spacial score (nSPS) is 28.6. The average molecular weight is 263 g/mol. The van der Waals surface area contributed by atoms with E-state index < -0.39 is 10.2 Å². The summed E-state index contributed by atoms with van der Waals surface area (Å²) in [4.78, 5) is 0. The maximum absolute atomic E-state index is 12.4. The van der Waals surface area contributed by atoms with Crippen LogP contribution < -0.4 is 5.32 Å². The summed E-state index contributed by atoms with van der Waals surface area (Å²) >= 11 is 0. The molecule has 2 rings (SSSR count). The van der Waals surface area contributed by atoms with Crippen molar-refractivity contribution in [1.82, 2.24) is 13.9 Å². The fourth-order valence-corrected chi connectivity index (χ4v) is 4.30. The number of rotatable bonds is 4. The summed E-state index contributed by atoms with van der Waals surface area (Å²) in [7, 11) is -1.43. The van der Waals surface area contributed by atoms with Gasteiger partial charge in [-0.3, -0.25) is 0 Å². The second-order valence-corrected chi connectivity index (χ2v) is 6.36. The van der Waals surface area contributed by atoms with Crippen molar-refractivity contribution in [1.29, 1.82) is 0 Å². The van der Waals surface area contributed by atoms with Crippen molar-refractivity contribution < 1.29 is 13.2 Å². The van der Waals surface area contributed by atoms with Crippen molar-refractivity contribution in [2.75, 3.05) is 46.4 Å². The summed E-state index contributed by atoms with van der Waals surface area (Å²) in [5.41, 5.74) is 0. The van der Waals surface area contributed by atoms with Gasteiger partial charge in [0.2, 0.25) is 0 Å². The van der Waals surface area contributed by atoms with Crippen molar-refractivity contribution >= 4 is 10.2 Å². The summed E-state index contributed by atoms with van der Waals surface area (Å²) in [6.07, 6.45) is 1.90. The number of ether oxygens (including phenoxy) is 1. The van der Waals surface area contributed by atoms with Crippen LogP contribution in [0.2, 0.25) is 0 Å². The molecule has 17 heavy (non-hydrogen) atoms. The van der Waals surface area contributed by atoms with Crippen LogP contribution in [0.15, 0.2) is 0 Å². The summed E-state index contributed by atoms with van der Waals surface area (Å²) in [5.74, 6) is 0. The lowest BCUT2D eigenvalue weighted by Crippen LogP contribution is -2.51. The maximum Gasteiger partial charge on any atom is 0.282 e. The van der Waals surface area contributed by atoms with E-state index in [0.29, 0.717) is 32.8 Å². The molecule has 2 fully saturated rings. The summed E-state index contributed by atoms with van der Waals surface area (Å²) in [5, 5.41) is 3.07. The Bertz CT molecular complexity index is 341. The number of likely N-dealkylation sites (N-methyl/N-ethyl adjacent to an activating group) is 1. The highest BCUT2D eigenvalue weighted by Crippen LogP contribution is 2.23. The van der Waals surface area contributed by atoms with Crippen molar-refractivity contribution in [3.8, 4) is 0 Å². The molecule has 2 heterocycles. The van der Waals surface area contributed by atoms with Gasteiger partial charge in [0, 0.05) is 32.2 Å². The minimum Gasteiger partial charge on any atom is -0.379 e. The monoisotopic (exact) mass is 263 g/mol. The number of hydrogen-bond acceptors (Lipinski definition) is 4. The SMILES string of the molecule is CNCC1CCCN1S(=O)(=O)N1CCOCC1. The van der Waals surface area contributed by atoms with Gasteiger partial charge in [-0.25, -0.2) is 0 Å². The topological polar surface area (TPSA) is 61.9 Å². The molecule has 7 heteroatoms. The smallest absolute Gasteiger partial charge is 0.282 e. The first kappa shape index (κ1) is 13.2. The first-order valence-corrected chi connectivity index (χ1v) is 7.55. The van der Waals surface area contributed by atoms with Gasteiger partial charge >= 0.3 is 0 Å². The van der Waals surface area contributed by atoms with Gasteiger partial charge in [-0.05, 0) is 19.9 Å². The van der Waals surface area contributed by atoms with Crippen LogP contribution in [0.5, 0.6) is 0 Å². The van der Waals surface area contributed by atoms with Crippen molar-refractivity contribution in [3.63, 3.8) is 0 Å². The molecule has 0 saturated carbocycles. The van der Waals surface area contributed by atoms with E-state index in [4.69, 9.17) is 4.74 Å². The Balaban J connectivity index is 2.07. The first-order valence-electron chi connectivity index (χ1n) is 6.15. The molecule has 6 nitrogen and oxygen atoms in total. The molecule has 0 aromatic rings. The third-order valence-electron chi connectivity index (χ3n) is 3.36. The Morgan fingerprint density at radius 1 is 1.29 bits per heavy atom. The van der Waals surface area contributed by atoms with Crippen LogP contribution in [0.4, 0.5) is 0 Å². The third kappa shape index (κ3) is 2.79. The van der Waals surface area contributed by atoms with Crippen molar-refractivity contribution in [2.24, 2.45) is 0 Å². The van der Waals surface area contributed by atoms with Gasteiger partial charge < -0.3 is 10.1 Å². The molecule has 2 saturated heterocycles. The second-order valence-electron chi connectivity index (χ2n) is 4.48. The number of nitrogens with zero attached hydrogens (tertiary/aromatic N) is 2. The highest BCUT2D eigenvalue weighted by Gasteiger charge is 2.38. The minimum absolute atomic E-state index is 0.104. The average Bonchev–Trinajstić information content (AvgIpc) is 2.80. The number of hydrogen-bond donors (Lipinski definition) is 1. The molecule has 2 aliphatic rings. The van der Waals surface area contributed by atoms with E-state index in [1.54, 1.807) is 8.61 Å². The standard InChI is InChI=1S/C10H21N3O3S/c1-11-9-10-3-2-4-13(10)17(14,15)12-5-7-16-8-6-12/h10-11H,2-9H2,1H3. The number of morpholine rings is 1.